The highest BCUT2D eigenvalue weighted by atomic mass is 16.5. The number of carbonyl (C=O) groups is 2. The molecule has 1 atom stereocenters. The smallest absolute Gasteiger partial charge is 0.256 e. The number of hydrogen-bond acceptors (Lipinski definition) is 5. The Kier molecular flexibility index (Phi) is 5.12. The highest BCUT2D eigenvalue weighted by molar-refractivity contribution is 5.93. The minimum atomic E-state index is 0.00736. The molecule has 1 spiro atoms. The van der Waals surface area contributed by atoms with Gasteiger partial charge in [-0.05, 0) is 44.4 Å². The van der Waals surface area contributed by atoms with Gasteiger partial charge in [-0.15, -0.1) is 0 Å². The number of rotatable bonds is 3. The molecule has 2 amide bonds. The lowest BCUT2D eigenvalue weighted by atomic mass is 9.72. The summed E-state index contributed by atoms with van der Waals surface area (Å²) in [6.07, 6.45) is 9.01. The Morgan fingerprint density at radius 3 is 2.67 bits per heavy atom. The lowest BCUT2D eigenvalue weighted by molar-refractivity contribution is -0.141. The number of piperidine rings is 2. The molecule has 0 aromatic carbocycles. The molecule has 4 heterocycles. The van der Waals surface area contributed by atoms with Crippen molar-refractivity contribution in [2.45, 2.75) is 51.6 Å². The topological polar surface area (TPSA) is 75.6 Å². The molecule has 1 aromatic heterocycles. The molecule has 0 aliphatic carbocycles. The van der Waals surface area contributed by atoms with Crippen LogP contribution < -0.4 is 0 Å². The first kappa shape index (κ1) is 18.3. The van der Waals surface area contributed by atoms with Crippen molar-refractivity contribution in [1.82, 2.24) is 19.8 Å². The molecule has 3 aliphatic rings. The van der Waals surface area contributed by atoms with Gasteiger partial charge in [-0.25, -0.2) is 9.97 Å². The Morgan fingerprint density at radius 1 is 1.26 bits per heavy atom. The molecule has 0 saturated carbocycles. The predicted octanol–water partition coefficient (Wildman–Crippen LogP) is 1.81. The normalized spacial score (nSPS) is 25.2. The highest BCUT2D eigenvalue weighted by Crippen LogP contribution is 2.40. The van der Waals surface area contributed by atoms with Crippen LogP contribution in [0.25, 0.3) is 0 Å². The van der Waals surface area contributed by atoms with E-state index in [-0.39, 0.29) is 23.3 Å². The van der Waals surface area contributed by atoms with E-state index >= 15 is 0 Å². The monoisotopic (exact) mass is 372 g/mol. The number of likely N-dealkylation sites (tertiary alicyclic amines) is 2. The van der Waals surface area contributed by atoms with E-state index in [4.69, 9.17) is 4.74 Å². The van der Waals surface area contributed by atoms with Crippen molar-refractivity contribution in [3.05, 3.63) is 23.8 Å². The second-order valence-corrected chi connectivity index (χ2v) is 8.22. The van der Waals surface area contributed by atoms with Crippen molar-refractivity contribution >= 4 is 11.8 Å². The van der Waals surface area contributed by atoms with Crippen LogP contribution in [-0.4, -0.2) is 70.5 Å². The Hall–Kier alpha value is -2.02. The van der Waals surface area contributed by atoms with Gasteiger partial charge >= 0.3 is 0 Å². The second kappa shape index (κ2) is 7.54. The van der Waals surface area contributed by atoms with Crippen LogP contribution in [0.1, 0.15) is 54.7 Å². The fourth-order valence-electron chi connectivity index (χ4n) is 4.58. The van der Waals surface area contributed by atoms with Crippen LogP contribution >= 0.6 is 0 Å². The summed E-state index contributed by atoms with van der Waals surface area (Å²) in [6.45, 7) is 5.62. The molecule has 3 aliphatic heterocycles. The van der Waals surface area contributed by atoms with Crippen molar-refractivity contribution in [2.75, 3.05) is 32.8 Å². The van der Waals surface area contributed by atoms with Crippen LogP contribution in [0, 0.1) is 12.3 Å². The molecule has 1 aromatic rings. The zero-order valence-corrected chi connectivity index (χ0v) is 16.0. The van der Waals surface area contributed by atoms with Crippen molar-refractivity contribution in [2.24, 2.45) is 5.41 Å². The van der Waals surface area contributed by atoms with E-state index < -0.39 is 0 Å². The van der Waals surface area contributed by atoms with Gasteiger partial charge in [0.25, 0.3) is 5.91 Å². The molecule has 4 rings (SSSR count). The first-order valence-corrected chi connectivity index (χ1v) is 10.0. The molecule has 27 heavy (non-hydrogen) atoms. The molecule has 0 unspecified atom stereocenters. The minimum Gasteiger partial charge on any atom is -0.376 e. The summed E-state index contributed by atoms with van der Waals surface area (Å²) in [5, 5.41) is 0. The number of carbonyl (C=O) groups excluding carboxylic acids is 2. The molecule has 0 radical (unpaired) electrons. The Bertz CT molecular complexity index is 692. The van der Waals surface area contributed by atoms with E-state index in [9.17, 15) is 9.59 Å². The Balaban J connectivity index is 1.36. The van der Waals surface area contributed by atoms with Crippen LogP contribution in [0.4, 0.5) is 0 Å². The third kappa shape index (κ3) is 3.98. The number of aryl methyl sites for hydroxylation is 1. The first-order chi connectivity index (χ1) is 13.0. The summed E-state index contributed by atoms with van der Waals surface area (Å²) in [7, 11) is 0. The Labute approximate surface area is 160 Å². The van der Waals surface area contributed by atoms with E-state index in [2.05, 4.69) is 9.97 Å². The van der Waals surface area contributed by atoms with Gasteiger partial charge in [-0.2, -0.15) is 0 Å². The van der Waals surface area contributed by atoms with Crippen molar-refractivity contribution in [3.8, 4) is 0 Å². The minimum absolute atomic E-state index is 0.00736. The summed E-state index contributed by atoms with van der Waals surface area (Å²) < 4.78 is 5.73. The number of amides is 2. The van der Waals surface area contributed by atoms with Gasteiger partial charge < -0.3 is 14.5 Å². The molecular weight excluding hydrogens is 344 g/mol. The maximum absolute atomic E-state index is 12.7. The van der Waals surface area contributed by atoms with E-state index in [0.29, 0.717) is 17.8 Å². The van der Waals surface area contributed by atoms with E-state index in [0.717, 1.165) is 64.9 Å². The molecule has 3 saturated heterocycles. The van der Waals surface area contributed by atoms with E-state index in [1.807, 2.05) is 16.7 Å². The van der Waals surface area contributed by atoms with Gasteiger partial charge in [0.15, 0.2) is 0 Å². The van der Waals surface area contributed by atoms with Gasteiger partial charge in [0, 0.05) is 51.6 Å². The fourth-order valence-corrected chi connectivity index (χ4v) is 4.58. The Morgan fingerprint density at radius 2 is 2.00 bits per heavy atom. The molecular formula is C20H28N4O3. The fraction of sp³-hybridized carbons (Fsp3) is 0.700. The van der Waals surface area contributed by atoms with Crippen molar-refractivity contribution in [3.63, 3.8) is 0 Å². The number of aromatic nitrogens is 2. The van der Waals surface area contributed by atoms with Gasteiger partial charge in [0.05, 0.1) is 11.7 Å². The summed E-state index contributed by atoms with van der Waals surface area (Å²) in [5.41, 5.74) is 0.697. The standard InChI is InChI=1S/C20H28N4O3/c1-15-21-11-16(12-22-15)19(26)23-8-6-20(7-9-23)5-4-18(25)24(14-20)13-17-3-2-10-27-17/h11-12,17H,2-10,13-14H2,1H3/t17-/m0/s1. The van der Waals surface area contributed by atoms with E-state index in [1.54, 1.807) is 12.4 Å². The zero-order valence-electron chi connectivity index (χ0n) is 16.0. The van der Waals surface area contributed by atoms with Gasteiger partial charge in [-0.1, -0.05) is 0 Å². The second-order valence-electron chi connectivity index (χ2n) is 8.22. The number of hydrogen-bond donors (Lipinski definition) is 0. The average Bonchev–Trinajstić information content (AvgIpc) is 3.19. The molecule has 0 bridgehead atoms. The maximum atomic E-state index is 12.7. The lowest BCUT2D eigenvalue weighted by Crippen LogP contribution is -2.53. The molecule has 7 nitrogen and oxygen atoms in total. The van der Waals surface area contributed by atoms with Crippen LogP contribution in [-0.2, 0) is 9.53 Å². The summed E-state index contributed by atoms with van der Waals surface area (Å²) in [5.74, 6) is 0.932. The summed E-state index contributed by atoms with van der Waals surface area (Å²) in [6, 6.07) is 0. The predicted molar refractivity (Wildman–Crippen MR) is 99.1 cm³/mol. The van der Waals surface area contributed by atoms with Crippen molar-refractivity contribution in [1.29, 1.82) is 0 Å². The third-order valence-corrected chi connectivity index (χ3v) is 6.34. The molecule has 146 valence electrons. The summed E-state index contributed by atoms with van der Waals surface area (Å²) >= 11 is 0. The van der Waals surface area contributed by atoms with Crippen LogP contribution in [0.2, 0.25) is 0 Å². The summed E-state index contributed by atoms with van der Waals surface area (Å²) in [4.78, 5) is 37.3. The van der Waals surface area contributed by atoms with Crippen LogP contribution in [0.15, 0.2) is 12.4 Å². The molecule has 3 fully saturated rings. The lowest BCUT2D eigenvalue weighted by Gasteiger charge is -2.47. The molecule has 0 N–H and O–H groups in total. The average molecular weight is 372 g/mol. The molecule has 7 heteroatoms. The van der Waals surface area contributed by atoms with Crippen LogP contribution in [0.5, 0.6) is 0 Å². The largest absolute Gasteiger partial charge is 0.376 e. The third-order valence-electron chi connectivity index (χ3n) is 6.34. The van der Waals surface area contributed by atoms with Crippen molar-refractivity contribution < 1.29 is 14.3 Å². The highest BCUT2D eigenvalue weighted by Gasteiger charge is 2.42. The maximum Gasteiger partial charge on any atom is 0.256 e. The van der Waals surface area contributed by atoms with Gasteiger partial charge in [0.2, 0.25) is 5.91 Å². The first-order valence-electron chi connectivity index (χ1n) is 10.0. The quantitative estimate of drug-likeness (QED) is 0.809. The zero-order chi connectivity index (χ0) is 18.9. The number of nitrogens with zero attached hydrogens (tertiary/aromatic N) is 4. The van der Waals surface area contributed by atoms with Gasteiger partial charge in [0.1, 0.15) is 5.82 Å². The van der Waals surface area contributed by atoms with Crippen LogP contribution in [0.3, 0.4) is 0 Å². The van der Waals surface area contributed by atoms with Gasteiger partial charge in [-0.3, -0.25) is 9.59 Å². The number of ether oxygens (including phenoxy) is 1. The SMILES string of the molecule is Cc1ncc(C(=O)N2CCC3(CCC(=O)N(C[C@@H]4CCCO4)C3)CC2)cn1. The van der Waals surface area contributed by atoms with E-state index in [1.165, 1.54) is 0 Å².